The van der Waals surface area contributed by atoms with Gasteiger partial charge in [-0.3, -0.25) is 0 Å². The summed E-state index contributed by atoms with van der Waals surface area (Å²) in [4.78, 5) is 4.17. The van der Waals surface area contributed by atoms with Crippen molar-refractivity contribution in [2.24, 2.45) is 0 Å². The summed E-state index contributed by atoms with van der Waals surface area (Å²) in [5.41, 5.74) is 0. The van der Waals surface area contributed by atoms with E-state index >= 15 is 0 Å². The molecule has 1 aliphatic rings. The van der Waals surface area contributed by atoms with Gasteiger partial charge in [-0.15, -0.1) is 0 Å². The van der Waals surface area contributed by atoms with Gasteiger partial charge in [0.1, 0.15) is 5.82 Å². The molecule has 0 bridgehead atoms. The highest BCUT2D eigenvalue weighted by Crippen LogP contribution is 2.21. The topological polar surface area (TPSA) is 45.1 Å². The van der Waals surface area contributed by atoms with Crippen LogP contribution in [0.1, 0.15) is 19.3 Å². The first-order valence-corrected chi connectivity index (χ1v) is 4.70. The fourth-order valence-electron chi connectivity index (χ4n) is 1.75. The van der Waals surface area contributed by atoms with E-state index in [1.807, 2.05) is 18.2 Å². The van der Waals surface area contributed by atoms with Crippen molar-refractivity contribution in [3.8, 4) is 0 Å². The highest BCUT2D eigenvalue weighted by molar-refractivity contribution is 5.34. The van der Waals surface area contributed by atoms with E-state index in [1.165, 1.54) is 0 Å². The number of pyridine rings is 1. The summed E-state index contributed by atoms with van der Waals surface area (Å²) in [5.74, 6) is 0.904. The third kappa shape index (κ3) is 2.18. The van der Waals surface area contributed by atoms with Crippen molar-refractivity contribution in [3.05, 3.63) is 24.4 Å². The molecule has 13 heavy (non-hydrogen) atoms. The summed E-state index contributed by atoms with van der Waals surface area (Å²) in [6, 6.07) is 6.20. The first kappa shape index (κ1) is 8.51. The number of hydrogen-bond acceptors (Lipinski definition) is 3. The Balaban J connectivity index is 1.92. The molecule has 0 amide bonds. The van der Waals surface area contributed by atoms with E-state index < -0.39 is 0 Å². The Morgan fingerprint density at radius 2 is 2.31 bits per heavy atom. The Morgan fingerprint density at radius 1 is 1.38 bits per heavy atom. The smallest absolute Gasteiger partial charge is 0.126 e. The maximum atomic E-state index is 9.32. The number of rotatable bonds is 2. The Hall–Kier alpha value is -1.09. The Labute approximate surface area is 77.8 Å². The van der Waals surface area contributed by atoms with Gasteiger partial charge in [0.2, 0.25) is 0 Å². The fourth-order valence-corrected chi connectivity index (χ4v) is 1.75. The van der Waals surface area contributed by atoms with Crippen LogP contribution in [0.15, 0.2) is 24.4 Å². The minimum absolute atomic E-state index is 0.124. The van der Waals surface area contributed by atoms with Crippen molar-refractivity contribution in [1.29, 1.82) is 0 Å². The fraction of sp³-hybridized carbons (Fsp3) is 0.500. The molecule has 1 aliphatic carbocycles. The predicted molar refractivity (Wildman–Crippen MR) is 51.5 cm³/mol. The van der Waals surface area contributed by atoms with Crippen LogP contribution in [0, 0.1) is 0 Å². The van der Waals surface area contributed by atoms with Gasteiger partial charge < -0.3 is 10.4 Å². The molecule has 0 radical (unpaired) electrons. The third-order valence-corrected chi connectivity index (χ3v) is 2.42. The molecule has 1 aromatic rings. The van der Waals surface area contributed by atoms with Crippen molar-refractivity contribution >= 4 is 5.82 Å². The lowest BCUT2D eigenvalue weighted by molar-refractivity contribution is 0.182. The Bertz CT molecular complexity index is 263. The first-order valence-electron chi connectivity index (χ1n) is 4.70. The SMILES string of the molecule is O[C@H]1CC[C@H](Nc2ccccn2)C1. The van der Waals surface area contributed by atoms with Crippen LogP contribution in [0.5, 0.6) is 0 Å². The summed E-state index contributed by atoms with van der Waals surface area (Å²) in [6.07, 6.45) is 4.44. The molecule has 0 unspecified atom stereocenters. The maximum Gasteiger partial charge on any atom is 0.126 e. The van der Waals surface area contributed by atoms with E-state index in [2.05, 4.69) is 10.3 Å². The predicted octanol–water partition coefficient (Wildman–Crippen LogP) is 1.41. The van der Waals surface area contributed by atoms with Crippen molar-refractivity contribution in [3.63, 3.8) is 0 Å². The molecule has 2 N–H and O–H groups in total. The Morgan fingerprint density at radius 3 is 2.92 bits per heavy atom. The lowest BCUT2D eigenvalue weighted by atomic mass is 10.2. The van der Waals surface area contributed by atoms with Crippen molar-refractivity contribution in [2.75, 3.05) is 5.32 Å². The zero-order chi connectivity index (χ0) is 9.10. The second kappa shape index (κ2) is 3.75. The number of aliphatic hydroxyl groups is 1. The second-order valence-electron chi connectivity index (χ2n) is 3.52. The number of anilines is 1. The molecular formula is C10H14N2O. The Kier molecular flexibility index (Phi) is 2.45. The molecule has 3 heteroatoms. The average molecular weight is 178 g/mol. The summed E-state index contributed by atoms with van der Waals surface area (Å²) < 4.78 is 0. The van der Waals surface area contributed by atoms with E-state index in [4.69, 9.17) is 0 Å². The maximum absolute atomic E-state index is 9.32. The van der Waals surface area contributed by atoms with Crippen LogP contribution in [-0.4, -0.2) is 22.2 Å². The van der Waals surface area contributed by atoms with E-state index in [9.17, 15) is 5.11 Å². The second-order valence-corrected chi connectivity index (χ2v) is 3.52. The molecule has 1 heterocycles. The number of aromatic nitrogens is 1. The molecule has 1 aromatic heterocycles. The number of nitrogens with zero attached hydrogens (tertiary/aromatic N) is 1. The zero-order valence-electron chi connectivity index (χ0n) is 7.48. The van der Waals surface area contributed by atoms with E-state index in [0.717, 1.165) is 25.1 Å². The van der Waals surface area contributed by atoms with Crippen LogP contribution in [0.3, 0.4) is 0 Å². The van der Waals surface area contributed by atoms with Gasteiger partial charge in [-0.1, -0.05) is 6.07 Å². The quantitative estimate of drug-likeness (QED) is 0.719. The van der Waals surface area contributed by atoms with E-state index in [1.54, 1.807) is 6.20 Å². The van der Waals surface area contributed by atoms with Crippen LogP contribution in [0.25, 0.3) is 0 Å². The average Bonchev–Trinajstić information content (AvgIpc) is 2.53. The normalized spacial score (nSPS) is 27.5. The van der Waals surface area contributed by atoms with Crippen LogP contribution >= 0.6 is 0 Å². The van der Waals surface area contributed by atoms with Crippen LogP contribution in [0.4, 0.5) is 5.82 Å². The van der Waals surface area contributed by atoms with Crippen LogP contribution in [0.2, 0.25) is 0 Å². The molecule has 0 spiro atoms. The van der Waals surface area contributed by atoms with Gasteiger partial charge in [0.25, 0.3) is 0 Å². The molecule has 70 valence electrons. The van der Waals surface area contributed by atoms with Gasteiger partial charge in [0, 0.05) is 12.2 Å². The molecule has 0 saturated heterocycles. The van der Waals surface area contributed by atoms with Crippen LogP contribution < -0.4 is 5.32 Å². The van der Waals surface area contributed by atoms with Crippen LogP contribution in [-0.2, 0) is 0 Å². The number of hydrogen-bond donors (Lipinski definition) is 2. The zero-order valence-corrected chi connectivity index (χ0v) is 7.48. The summed E-state index contributed by atoms with van der Waals surface area (Å²) >= 11 is 0. The molecule has 1 saturated carbocycles. The highest BCUT2D eigenvalue weighted by Gasteiger charge is 2.22. The van der Waals surface area contributed by atoms with Gasteiger partial charge in [-0.05, 0) is 31.4 Å². The van der Waals surface area contributed by atoms with Gasteiger partial charge in [-0.25, -0.2) is 4.98 Å². The van der Waals surface area contributed by atoms with Crippen molar-refractivity contribution in [2.45, 2.75) is 31.4 Å². The van der Waals surface area contributed by atoms with Gasteiger partial charge in [-0.2, -0.15) is 0 Å². The third-order valence-electron chi connectivity index (χ3n) is 2.42. The molecule has 2 rings (SSSR count). The summed E-state index contributed by atoms with van der Waals surface area (Å²) in [5, 5.41) is 12.6. The standard InChI is InChI=1S/C10H14N2O/c13-9-5-4-8(7-9)12-10-3-1-2-6-11-10/h1-3,6,8-9,13H,4-5,7H2,(H,11,12)/t8-,9-/m0/s1. The lowest BCUT2D eigenvalue weighted by Crippen LogP contribution is -2.17. The lowest BCUT2D eigenvalue weighted by Gasteiger charge is -2.11. The van der Waals surface area contributed by atoms with Crippen molar-refractivity contribution in [1.82, 2.24) is 4.98 Å². The minimum Gasteiger partial charge on any atom is -0.393 e. The van der Waals surface area contributed by atoms with Gasteiger partial charge in [0.05, 0.1) is 6.10 Å². The van der Waals surface area contributed by atoms with E-state index in [-0.39, 0.29) is 6.10 Å². The largest absolute Gasteiger partial charge is 0.393 e. The molecule has 0 aliphatic heterocycles. The molecular weight excluding hydrogens is 164 g/mol. The summed E-state index contributed by atoms with van der Waals surface area (Å²) in [7, 11) is 0. The molecule has 3 nitrogen and oxygen atoms in total. The molecule has 2 atom stereocenters. The monoisotopic (exact) mass is 178 g/mol. The van der Waals surface area contributed by atoms with Gasteiger partial charge >= 0.3 is 0 Å². The minimum atomic E-state index is -0.124. The number of aliphatic hydroxyl groups excluding tert-OH is 1. The van der Waals surface area contributed by atoms with Gasteiger partial charge in [0.15, 0.2) is 0 Å². The van der Waals surface area contributed by atoms with Crippen molar-refractivity contribution < 1.29 is 5.11 Å². The summed E-state index contributed by atoms with van der Waals surface area (Å²) in [6.45, 7) is 0. The highest BCUT2D eigenvalue weighted by atomic mass is 16.3. The van der Waals surface area contributed by atoms with E-state index in [0.29, 0.717) is 6.04 Å². The molecule has 1 fully saturated rings. The number of nitrogens with one attached hydrogen (secondary N) is 1. The molecule has 0 aromatic carbocycles. The first-order chi connectivity index (χ1) is 6.34.